The van der Waals surface area contributed by atoms with Crippen molar-refractivity contribution in [1.29, 1.82) is 0 Å². The molecule has 0 aromatic heterocycles. The number of nitrogens with two attached hydrogens (primary N) is 1. The van der Waals surface area contributed by atoms with Gasteiger partial charge in [0.25, 0.3) is 0 Å². The van der Waals surface area contributed by atoms with E-state index in [-0.39, 0.29) is 5.54 Å². The third-order valence-corrected chi connectivity index (χ3v) is 5.06. The van der Waals surface area contributed by atoms with E-state index >= 15 is 0 Å². The van der Waals surface area contributed by atoms with Crippen molar-refractivity contribution in [3.63, 3.8) is 0 Å². The summed E-state index contributed by atoms with van der Waals surface area (Å²) in [6, 6.07) is 0.536. The van der Waals surface area contributed by atoms with E-state index in [1.807, 2.05) is 0 Å². The van der Waals surface area contributed by atoms with Gasteiger partial charge in [-0.25, -0.2) is 0 Å². The second kappa shape index (κ2) is 8.02. The van der Waals surface area contributed by atoms with Gasteiger partial charge >= 0.3 is 0 Å². The van der Waals surface area contributed by atoms with Crippen molar-refractivity contribution < 1.29 is 0 Å². The van der Waals surface area contributed by atoms with Crippen LogP contribution in [0.25, 0.3) is 0 Å². The van der Waals surface area contributed by atoms with Crippen LogP contribution < -0.4 is 11.1 Å². The Kier molecular flexibility index (Phi) is 6.34. The third kappa shape index (κ3) is 5.50. The van der Waals surface area contributed by atoms with Gasteiger partial charge in [0.15, 0.2) is 5.96 Å². The monoisotopic (exact) mass is 294 g/mol. The van der Waals surface area contributed by atoms with Crippen LogP contribution in [0.1, 0.15) is 71.6 Å². The molecule has 0 radical (unpaired) electrons. The average molecular weight is 294 g/mol. The van der Waals surface area contributed by atoms with Crippen LogP contribution in [0.3, 0.4) is 0 Å². The average Bonchev–Trinajstić information content (AvgIpc) is 2.75. The van der Waals surface area contributed by atoms with Gasteiger partial charge in [-0.3, -0.25) is 9.89 Å². The van der Waals surface area contributed by atoms with Crippen LogP contribution in [0.15, 0.2) is 4.99 Å². The number of aliphatic imine (C=N–C) groups is 1. The molecule has 1 aliphatic heterocycles. The lowest BCUT2D eigenvalue weighted by Crippen LogP contribution is -2.49. The summed E-state index contributed by atoms with van der Waals surface area (Å²) >= 11 is 0. The molecule has 122 valence electrons. The normalized spacial score (nSPS) is 23.8. The molecule has 2 rings (SSSR count). The number of hydrogen-bond acceptors (Lipinski definition) is 2. The Balaban J connectivity index is 1.80. The van der Waals surface area contributed by atoms with Crippen molar-refractivity contribution in [3.8, 4) is 0 Å². The minimum atomic E-state index is 0.121. The molecule has 21 heavy (non-hydrogen) atoms. The molecule has 0 unspecified atom stereocenters. The lowest BCUT2D eigenvalue weighted by atomic mass is 9.99. The van der Waals surface area contributed by atoms with Crippen LogP contribution in [0, 0.1) is 0 Å². The minimum Gasteiger partial charge on any atom is -0.370 e. The number of rotatable bonds is 4. The van der Waals surface area contributed by atoms with Gasteiger partial charge in [0, 0.05) is 11.6 Å². The summed E-state index contributed by atoms with van der Waals surface area (Å²) in [5.74, 6) is 0.645. The van der Waals surface area contributed by atoms with Crippen molar-refractivity contribution >= 4 is 5.96 Å². The fourth-order valence-electron chi connectivity index (χ4n) is 3.56. The quantitative estimate of drug-likeness (QED) is 0.476. The zero-order valence-corrected chi connectivity index (χ0v) is 14.0. The van der Waals surface area contributed by atoms with Crippen molar-refractivity contribution in [2.75, 3.05) is 19.6 Å². The molecule has 0 bridgehead atoms. The second-order valence-corrected chi connectivity index (χ2v) is 7.39. The Labute approximate surface area is 130 Å². The molecule has 1 saturated carbocycles. The first-order valence-electron chi connectivity index (χ1n) is 8.89. The Hall–Kier alpha value is -0.770. The van der Waals surface area contributed by atoms with Gasteiger partial charge in [-0.1, -0.05) is 32.1 Å². The SMILES string of the molecule is CC(C)(CN=C(N)NC1CCCCCC1)N1CCCCC1. The molecule has 4 nitrogen and oxygen atoms in total. The molecule has 3 N–H and O–H groups in total. The summed E-state index contributed by atoms with van der Waals surface area (Å²) < 4.78 is 0. The van der Waals surface area contributed by atoms with Gasteiger partial charge in [-0.05, 0) is 52.6 Å². The van der Waals surface area contributed by atoms with Crippen LogP contribution in [0.2, 0.25) is 0 Å². The highest BCUT2D eigenvalue weighted by Crippen LogP contribution is 2.21. The summed E-state index contributed by atoms with van der Waals surface area (Å²) in [6.07, 6.45) is 11.9. The van der Waals surface area contributed by atoms with E-state index in [0.29, 0.717) is 12.0 Å². The number of piperidine rings is 1. The highest BCUT2D eigenvalue weighted by molar-refractivity contribution is 5.78. The highest BCUT2D eigenvalue weighted by Gasteiger charge is 2.27. The van der Waals surface area contributed by atoms with E-state index < -0.39 is 0 Å². The highest BCUT2D eigenvalue weighted by atomic mass is 15.2. The molecule has 1 saturated heterocycles. The number of nitrogens with zero attached hydrogens (tertiary/aromatic N) is 2. The predicted octanol–water partition coefficient (Wildman–Crippen LogP) is 2.88. The molecule has 1 heterocycles. The zero-order valence-electron chi connectivity index (χ0n) is 14.0. The topological polar surface area (TPSA) is 53.6 Å². The molecule has 1 aliphatic carbocycles. The van der Waals surface area contributed by atoms with Crippen LogP contribution in [-0.2, 0) is 0 Å². The number of guanidine groups is 1. The largest absolute Gasteiger partial charge is 0.370 e. The maximum Gasteiger partial charge on any atom is 0.188 e. The summed E-state index contributed by atoms with van der Waals surface area (Å²) in [5.41, 5.74) is 6.23. The van der Waals surface area contributed by atoms with Gasteiger partial charge in [0.1, 0.15) is 0 Å². The van der Waals surface area contributed by atoms with E-state index in [2.05, 4.69) is 29.1 Å². The first-order valence-corrected chi connectivity index (χ1v) is 8.89. The van der Waals surface area contributed by atoms with Crippen molar-refractivity contribution in [2.45, 2.75) is 83.2 Å². The van der Waals surface area contributed by atoms with Crippen molar-refractivity contribution in [1.82, 2.24) is 10.2 Å². The molecule has 0 atom stereocenters. The number of nitrogens with one attached hydrogen (secondary N) is 1. The molecule has 0 spiro atoms. The summed E-state index contributed by atoms with van der Waals surface area (Å²) in [7, 11) is 0. The molecule has 0 aromatic rings. The fraction of sp³-hybridized carbons (Fsp3) is 0.941. The first-order chi connectivity index (χ1) is 10.1. The second-order valence-electron chi connectivity index (χ2n) is 7.39. The van der Waals surface area contributed by atoms with Gasteiger partial charge in [-0.15, -0.1) is 0 Å². The Bertz CT molecular complexity index is 324. The summed E-state index contributed by atoms with van der Waals surface area (Å²) in [4.78, 5) is 7.21. The third-order valence-electron chi connectivity index (χ3n) is 5.06. The molecule has 2 fully saturated rings. The standard InChI is InChI=1S/C17H34N4/c1-17(2,21-12-8-5-9-13-21)14-19-16(18)20-15-10-6-3-4-7-11-15/h15H,3-14H2,1-2H3,(H3,18,19,20). The maximum atomic E-state index is 6.11. The molecule has 4 heteroatoms. The van der Waals surface area contributed by atoms with Crippen LogP contribution in [-0.4, -0.2) is 42.1 Å². The van der Waals surface area contributed by atoms with Crippen molar-refractivity contribution in [3.05, 3.63) is 0 Å². The van der Waals surface area contributed by atoms with Crippen LogP contribution >= 0.6 is 0 Å². The molecule has 0 amide bonds. The number of likely N-dealkylation sites (tertiary alicyclic amines) is 1. The van der Waals surface area contributed by atoms with Gasteiger partial charge in [-0.2, -0.15) is 0 Å². The Morgan fingerprint density at radius 3 is 2.24 bits per heavy atom. The smallest absolute Gasteiger partial charge is 0.188 e. The van der Waals surface area contributed by atoms with E-state index in [4.69, 9.17) is 5.73 Å². The van der Waals surface area contributed by atoms with Crippen molar-refractivity contribution in [2.24, 2.45) is 10.7 Å². The Morgan fingerprint density at radius 1 is 1.05 bits per heavy atom. The molecular weight excluding hydrogens is 260 g/mol. The van der Waals surface area contributed by atoms with E-state index in [9.17, 15) is 0 Å². The summed E-state index contributed by atoms with van der Waals surface area (Å²) in [6.45, 7) is 7.79. The lowest BCUT2D eigenvalue weighted by molar-refractivity contribution is 0.102. The van der Waals surface area contributed by atoms with Gasteiger partial charge in [0.05, 0.1) is 6.54 Å². The van der Waals surface area contributed by atoms with E-state index in [1.54, 1.807) is 0 Å². The molecular formula is C17H34N4. The summed E-state index contributed by atoms with van der Waals surface area (Å²) in [5, 5.41) is 3.44. The van der Waals surface area contributed by atoms with E-state index in [0.717, 1.165) is 6.54 Å². The van der Waals surface area contributed by atoms with Gasteiger partial charge in [0.2, 0.25) is 0 Å². The lowest BCUT2D eigenvalue weighted by Gasteiger charge is -2.40. The molecule has 0 aromatic carbocycles. The number of hydrogen-bond donors (Lipinski definition) is 2. The van der Waals surface area contributed by atoms with Gasteiger partial charge < -0.3 is 11.1 Å². The zero-order chi connectivity index (χ0) is 15.1. The van der Waals surface area contributed by atoms with E-state index in [1.165, 1.54) is 70.9 Å². The Morgan fingerprint density at radius 2 is 1.62 bits per heavy atom. The molecule has 2 aliphatic rings. The minimum absolute atomic E-state index is 0.121. The maximum absolute atomic E-state index is 6.11. The van der Waals surface area contributed by atoms with Crippen LogP contribution in [0.5, 0.6) is 0 Å². The first kappa shape index (κ1) is 16.6. The van der Waals surface area contributed by atoms with Crippen LogP contribution in [0.4, 0.5) is 0 Å². The predicted molar refractivity (Wildman–Crippen MR) is 90.6 cm³/mol. The fourth-order valence-corrected chi connectivity index (χ4v) is 3.56.